The summed E-state index contributed by atoms with van der Waals surface area (Å²) < 4.78 is 0. The molecule has 0 aromatic carbocycles. The highest BCUT2D eigenvalue weighted by atomic mass is 28.4. The minimum absolute atomic E-state index is 0.0377. The van der Waals surface area contributed by atoms with Gasteiger partial charge in [-0.1, -0.05) is 26.0 Å². The van der Waals surface area contributed by atoms with Crippen molar-refractivity contribution >= 4 is 8.32 Å². The molecule has 0 saturated carbocycles. The maximum absolute atomic E-state index is 10.0. The Morgan fingerprint density at radius 2 is 1.86 bits per heavy atom. The van der Waals surface area contributed by atoms with E-state index in [9.17, 15) is 4.80 Å². The average molecular weight is 216 g/mol. The van der Waals surface area contributed by atoms with Gasteiger partial charge in [0.05, 0.1) is 6.10 Å². The Bertz CT molecular complexity index is 190. The van der Waals surface area contributed by atoms with Crippen LogP contribution < -0.4 is 0 Å². The Morgan fingerprint density at radius 3 is 2.21 bits per heavy atom. The van der Waals surface area contributed by atoms with E-state index in [-0.39, 0.29) is 11.1 Å². The summed E-state index contributed by atoms with van der Waals surface area (Å²) in [7, 11) is -2.06. The van der Waals surface area contributed by atoms with Crippen molar-refractivity contribution in [3.05, 3.63) is 12.2 Å². The van der Waals surface area contributed by atoms with Crippen LogP contribution in [0.5, 0.6) is 0 Å². The van der Waals surface area contributed by atoms with Crippen molar-refractivity contribution in [3.8, 4) is 0 Å². The first-order valence-electron chi connectivity index (χ1n) is 5.24. The zero-order valence-electron chi connectivity index (χ0n) is 10.0. The van der Waals surface area contributed by atoms with Gasteiger partial charge < -0.3 is 9.90 Å². The van der Waals surface area contributed by atoms with Crippen LogP contribution in [0.2, 0.25) is 18.1 Å². The molecule has 0 fully saturated rings. The number of aliphatic hydroxyl groups excluding tert-OH is 1. The van der Waals surface area contributed by atoms with E-state index in [0.717, 1.165) is 12.8 Å². The van der Waals surface area contributed by atoms with Crippen LogP contribution >= 0.6 is 0 Å². The molecule has 0 aliphatic rings. The lowest BCUT2D eigenvalue weighted by Crippen LogP contribution is -2.38. The quantitative estimate of drug-likeness (QED) is 0.548. The van der Waals surface area contributed by atoms with Crippen LogP contribution in [-0.2, 0) is 0 Å². The van der Waals surface area contributed by atoms with Gasteiger partial charge in [-0.25, -0.2) is 0 Å². The fourth-order valence-corrected chi connectivity index (χ4v) is 1.80. The first kappa shape index (κ1) is 13.9. The fraction of sp³-hybridized carbons (Fsp3) is 0.818. The second-order valence-corrected chi connectivity index (χ2v) is 9.62. The lowest BCUT2D eigenvalue weighted by atomic mass is 10.1. The third-order valence-electron chi connectivity index (χ3n) is 3.01. The molecule has 0 rings (SSSR count). The van der Waals surface area contributed by atoms with Crippen molar-refractivity contribution in [2.45, 2.75) is 57.8 Å². The van der Waals surface area contributed by atoms with Gasteiger partial charge in [-0.05, 0) is 37.9 Å². The molecular weight excluding hydrogens is 192 g/mol. The van der Waals surface area contributed by atoms with Crippen LogP contribution in [0.1, 0.15) is 33.6 Å². The van der Waals surface area contributed by atoms with E-state index in [1.165, 1.54) is 0 Å². The van der Waals surface area contributed by atoms with E-state index in [1.807, 2.05) is 19.2 Å². The molecule has 0 amide bonds. The monoisotopic (exact) mass is 216 g/mol. The highest BCUT2D eigenvalue weighted by Crippen LogP contribution is 2.39. The second-order valence-electron chi connectivity index (χ2n) is 5.15. The zero-order valence-corrected chi connectivity index (χ0v) is 11.0. The third-order valence-corrected chi connectivity index (χ3v) is 6.57. The molecule has 0 bridgehead atoms. The van der Waals surface area contributed by atoms with Crippen LogP contribution in [-0.4, -0.2) is 24.3 Å². The summed E-state index contributed by atoms with van der Waals surface area (Å²) in [6, 6.07) is 0. The highest BCUT2D eigenvalue weighted by molar-refractivity contribution is 6.72. The van der Waals surface area contributed by atoms with Crippen molar-refractivity contribution in [3.63, 3.8) is 0 Å². The molecular formula is C11H24O2Si. The lowest BCUT2D eigenvalue weighted by molar-refractivity contribution is 0.243. The summed E-state index contributed by atoms with van der Waals surface area (Å²) in [6.07, 6.45) is 5.33. The van der Waals surface area contributed by atoms with E-state index in [4.69, 9.17) is 5.11 Å². The Labute approximate surface area is 88.8 Å². The van der Waals surface area contributed by atoms with E-state index in [2.05, 4.69) is 13.8 Å². The topological polar surface area (TPSA) is 40.5 Å². The summed E-state index contributed by atoms with van der Waals surface area (Å²) in [5.41, 5.74) is 0. The van der Waals surface area contributed by atoms with Gasteiger partial charge in [-0.2, -0.15) is 0 Å². The Hall–Kier alpha value is -0.123. The molecule has 0 radical (unpaired) electrons. The molecule has 0 aliphatic carbocycles. The maximum atomic E-state index is 10.0. The number of hydrogen-bond donors (Lipinski definition) is 2. The molecule has 3 heteroatoms. The van der Waals surface area contributed by atoms with Gasteiger partial charge in [0.15, 0.2) is 8.32 Å². The molecule has 0 aromatic heterocycles. The average Bonchev–Trinajstić information content (AvgIpc) is 1.95. The van der Waals surface area contributed by atoms with Gasteiger partial charge in [0.2, 0.25) is 0 Å². The standard InChI is InChI=1S/C11H24O2Si/c1-10(12)8-6-7-9-11(2,3)14(4,5)13/h6,8,10,12-13H,7,9H2,1-5H3/b8-6-/t10-/m0/s1. The number of allylic oxidation sites excluding steroid dienone is 1. The lowest BCUT2D eigenvalue weighted by Gasteiger charge is -2.34. The summed E-state index contributed by atoms with van der Waals surface area (Å²) in [6.45, 7) is 9.94. The zero-order chi connectivity index (χ0) is 11.4. The fourth-order valence-electron chi connectivity index (χ4n) is 1.04. The largest absolute Gasteiger partial charge is 0.432 e. The summed E-state index contributed by atoms with van der Waals surface area (Å²) in [5.74, 6) is 0. The molecule has 14 heavy (non-hydrogen) atoms. The minimum atomic E-state index is -2.06. The predicted octanol–water partition coefficient (Wildman–Crippen LogP) is 2.68. The van der Waals surface area contributed by atoms with Crippen LogP contribution in [0, 0.1) is 0 Å². The molecule has 1 atom stereocenters. The van der Waals surface area contributed by atoms with Crippen LogP contribution in [0.4, 0.5) is 0 Å². The Kier molecular flexibility index (Phi) is 5.05. The predicted molar refractivity (Wildman–Crippen MR) is 63.8 cm³/mol. The molecule has 0 unspecified atom stereocenters. The molecule has 0 saturated heterocycles. The number of aliphatic hydroxyl groups is 1. The van der Waals surface area contributed by atoms with Crippen molar-refractivity contribution in [2.24, 2.45) is 0 Å². The molecule has 0 spiro atoms. The summed E-state index contributed by atoms with van der Waals surface area (Å²) in [5, 5.41) is 9.05. The number of hydrogen-bond acceptors (Lipinski definition) is 2. The molecule has 0 heterocycles. The van der Waals surface area contributed by atoms with Crippen molar-refractivity contribution in [2.75, 3.05) is 0 Å². The Morgan fingerprint density at radius 1 is 1.36 bits per heavy atom. The van der Waals surface area contributed by atoms with Crippen molar-refractivity contribution in [1.82, 2.24) is 0 Å². The molecule has 84 valence electrons. The van der Waals surface area contributed by atoms with Crippen molar-refractivity contribution < 1.29 is 9.90 Å². The van der Waals surface area contributed by atoms with Gasteiger partial charge in [-0.3, -0.25) is 0 Å². The Balaban J connectivity index is 4.01. The SMILES string of the molecule is C[C@H](O)/C=C\CCC(C)(C)[Si](C)(C)O. The normalized spacial score (nSPS) is 16.2. The van der Waals surface area contributed by atoms with Gasteiger partial charge in [-0.15, -0.1) is 0 Å². The van der Waals surface area contributed by atoms with Crippen molar-refractivity contribution in [1.29, 1.82) is 0 Å². The summed E-state index contributed by atoms with van der Waals surface area (Å²) in [4.78, 5) is 10.0. The highest BCUT2D eigenvalue weighted by Gasteiger charge is 2.36. The van der Waals surface area contributed by atoms with E-state index >= 15 is 0 Å². The van der Waals surface area contributed by atoms with Crippen LogP contribution in [0.15, 0.2) is 12.2 Å². The van der Waals surface area contributed by atoms with E-state index in [1.54, 1.807) is 13.0 Å². The first-order valence-corrected chi connectivity index (χ1v) is 8.18. The minimum Gasteiger partial charge on any atom is -0.432 e. The van der Waals surface area contributed by atoms with Crippen LogP contribution in [0.3, 0.4) is 0 Å². The van der Waals surface area contributed by atoms with Crippen LogP contribution in [0.25, 0.3) is 0 Å². The molecule has 2 N–H and O–H groups in total. The van der Waals surface area contributed by atoms with Gasteiger partial charge in [0.1, 0.15) is 0 Å². The first-order chi connectivity index (χ1) is 6.17. The smallest absolute Gasteiger partial charge is 0.188 e. The maximum Gasteiger partial charge on any atom is 0.188 e. The van der Waals surface area contributed by atoms with Gasteiger partial charge >= 0.3 is 0 Å². The van der Waals surface area contributed by atoms with E-state index in [0.29, 0.717) is 0 Å². The second kappa shape index (κ2) is 5.10. The van der Waals surface area contributed by atoms with Gasteiger partial charge in [0, 0.05) is 0 Å². The number of rotatable bonds is 5. The molecule has 0 aliphatic heterocycles. The third kappa shape index (κ3) is 4.93. The summed E-state index contributed by atoms with van der Waals surface area (Å²) >= 11 is 0. The molecule has 0 aromatic rings. The molecule has 2 nitrogen and oxygen atoms in total. The van der Waals surface area contributed by atoms with Gasteiger partial charge in [0.25, 0.3) is 0 Å². The van der Waals surface area contributed by atoms with E-state index < -0.39 is 8.32 Å².